The second kappa shape index (κ2) is 10.0. The lowest BCUT2D eigenvalue weighted by molar-refractivity contribution is -0.120. The first-order chi connectivity index (χ1) is 15.5. The predicted molar refractivity (Wildman–Crippen MR) is 123 cm³/mol. The molecule has 4 rings (SSSR count). The van der Waals surface area contributed by atoms with Gasteiger partial charge in [-0.05, 0) is 62.3 Å². The maximum atomic E-state index is 13.1. The molecule has 7 nitrogen and oxygen atoms in total. The van der Waals surface area contributed by atoms with Crippen molar-refractivity contribution in [1.29, 1.82) is 0 Å². The van der Waals surface area contributed by atoms with Crippen LogP contribution in [0.15, 0.2) is 36.4 Å². The second-order valence-corrected chi connectivity index (χ2v) is 8.81. The summed E-state index contributed by atoms with van der Waals surface area (Å²) in [7, 11) is 3.97. The maximum Gasteiger partial charge on any atom is 0.253 e. The van der Waals surface area contributed by atoms with E-state index >= 15 is 0 Å². The highest BCUT2D eigenvalue weighted by molar-refractivity contribution is 6.04. The number of nitrogens with one attached hydrogen (secondary N) is 2. The number of benzene rings is 2. The fourth-order valence-corrected chi connectivity index (χ4v) is 4.28. The molecule has 0 saturated heterocycles. The number of fused-ring (bicyclic) bond motifs is 1. The monoisotopic (exact) mass is 437 g/mol. The summed E-state index contributed by atoms with van der Waals surface area (Å²) >= 11 is 0. The molecule has 0 radical (unpaired) electrons. The van der Waals surface area contributed by atoms with E-state index in [2.05, 4.69) is 10.6 Å². The van der Waals surface area contributed by atoms with Crippen molar-refractivity contribution >= 4 is 17.5 Å². The van der Waals surface area contributed by atoms with E-state index in [-0.39, 0.29) is 24.5 Å². The van der Waals surface area contributed by atoms with E-state index in [1.54, 1.807) is 0 Å². The highest BCUT2D eigenvalue weighted by atomic mass is 16.7. The molecule has 32 heavy (non-hydrogen) atoms. The Morgan fingerprint density at radius 3 is 2.50 bits per heavy atom. The highest BCUT2D eigenvalue weighted by Crippen LogP contribution is 2.32. The Morgan fingerprint density at radius 1 is 0.969 bits per heavy atom. The van der Waals surface area contributed by atoms with E-state index in [4.69, 9.17) is 9.47 Å². The Hall–Kier alpha value is -3.06. The molecule has 0 spiro atoms. The number of carbonyl (C=O) groups is 2. The van der Waals surface area contributed by atoms with E-state index < -0.39 is 0 Å². The van der Waals surface area contributed by atoms with Gasteiger partial charge in [-0.2, -0.15) is 0 Å². The average molecular weight is 438 g/mol. The quantitative estimate of drug-likeness (QED) is 0.686. The predicted octanol–water partition coefficient (Wildman–Crippen LogP) is 3.93. The third-order valence-electron chi connectivity index (χ3n) is 5.95. The summed E-state index contributed by atoms with van der Waals surface area (Å²) in [5.74, 6) is 1.21. The van der Waals surface area contributed by atoms with Crippen molar-refractivity contribution in [2.45, 2.75) is 45.2 Å². The summed E-state index contributed by atoms with van der Waals surface area (Å²) in [6, 6.07) is 11.3. The molecular weight excluding hydrogens is 406 g/mol. The van der Waals surface area contributed by atoms with Crippen LogP contribution >= 0.6 is 0 Å². The zero-order chi connectivity index (χ0) is 22.5. The van der Waals surface area contributed by atoms with E-state index in [1.807, 2.05) is 55.4 Å². The van der Waals surface area contributed by atoms with Crippen LogP contribution in [0.3, 0.4) is 0 Å². The minimum atomic E-state index is -0.220. The average Bonchev–Trinajstić information content (AvgIpc) is 3.26. The van der Waals surface area contributed by atoms with Gasteiger partial charge in [-0.3, -0.25) is 9.59 Å². The number of ether oxygens (including phenoxy) is 2. The van der Waals surface area contributed by atoms with Gasteiger partial charge in [0.25, 0.3) is 5.91 Å². The summed E-state index contributed by atoms with van der Waals surface area (Å²) < 4.78 is 10.8. The van der Waals surface area contributed by atoms with Crippen LogP contribution < -0.4 is 20.1 Å². The molecule has 2 aromatic rings. The molecule has 0 aromatic heterocycles. The molecule has 1 fully saturated rings. The van der Waals surface area contributed by atoms with Crippen molar-refractivity contribution in [3.05, 3.63) is 53.1 Å². The SMILES string of the molecule is CN(C)Cc1ccc(NC(=O)C2CCCCC2)c(C(=O)NCc2ccc3c(c2)OCO3)c1. The molecule has 2 N–H and O–H groups in total. The van der Waals surface area contributed by atoms with Crippen molar-refractivity contribution in [3.63, 3.8) is 0 Å². The largest absolute Gasteiger partial charge is 0.454 e. The number of anilines is 1. The summed E-state index contributed by atoms with van der Waals surface area (Å²) in [5.41, 5.74) is 2.97. The fourth-order valence-electron chi connectivity index (χ4n) is 4.28. The number of nitrogens with zero attached hydrogens (tertiary/aromatic N) is 1. The van der Waals surface area contributed by atoms with Crippen LogP contribution in [0.25, 0.3) is 0 Å². The van der Waals surface area contributed by atoms with Crippen molar-refractivity contribution in [3.8, 4) is 11.5 Å². The van der Waals surface area contributed by atoms with Crippen LogP contribution in [0.4, 0.5) is 5.69 Å². The molecule has 2 amide bonds. The van der Waals surface area contributed by atoms with E-state index in [9.17, 15) is 9.59 Å². The van der Waals surface area contributed by atoms with E-state index in [0.717, 1.165) is 36.8 Å². The van der Waals surface area contributed by atoms with Crippen molar-refractivity contribution in [2.24, 2.45) is 5.92 Å². The molecule has 0 unspecified atom stereocenters. The Balaban J connectivity index is 1.49. The Labute approximate surface area is 189 Å². The fraction of sp³-hybridized carbons (Fsp3) is 0.440. The van der Waals surface area contributed by atoms with Gasteiger partial charge in [-0.25, -0.2) is 0 Å². The summed E-state index contributed by atoms with van der Waals surface area (Å²) in [5, 5.41) is 6.00. The normalized spacial score (nSPS) is 15.6. The summed E-state index contributed by atoms with van der Waals surface area (Å²) in [4.78, 5) is 28.0. The van der Waals surface area contributed by atoms with Gasteiger partial charge in [0.15, 0.2) is 11.5 Å². The number of hydrogen-bond acceptors (Lipinski definition) is 5. The lowest BCUT2D eigenvalue weighted by atomic mass is 9.88. The van der Waals surface area contributed by atoms with Crippen molar-refractivity contribution < 1.29 is 19.1 Å². The first kappa shape index (κ1) is 22.1. The van der Waals surface area contributed by atoms with Gasteiger partial charge < -0.3 is 25.0 Å². The van der Waals surface area contributed by atoms with Crippen molar-refractivity contribution in [2.75, 3.05) is 26.2 Å². The first-order valence-electron chi connectivity index (χ1n) is 11.2. The second-order valence-electron chi connectivity index (χ2n) is 8.81. The molecule has 1 aliphatic heterocycles. The Morgan fingerprint density at radius 2 is 1.72 bits per heavy atom. The van der Waals surface area contributed by atoms with Gasteiger partial charge in [-0.1, -0.05) is 31.4 Å². The van der Waals surface area contributed by atoms with Gasteiger partial charge >= 0.3 is 0 Å². The van der Waals surface area contributed by atoms with Crippen LogP contribution in [0.1, 0.15) is 53.6 Å². The Kier molecular flexibility index (Phi) is 6.95. The molecule has 2 aliphatic rings. The van der Waals surface area contributed by atoms with Gasteiger partial charge in [0.2, 0.25) is 12.7 Å². The first-order valence-corrected chi connectivity index (χ1v) is 11.2. The van der Waals surface area contributed by atoms with Crippen LogP contribution in [0, 0.1) is 5.92 Å². The van der Waals surface area contributed by atoms with E-state index in [0.29, 0.717) is 35.8 Å². The molecule has 0 atom stereocenters. The third kappa shape index (κ3) is 5.40. The summed E-state index contributed by atoms with van der Waals surface area (Å²) in [6.07, 6.45) is 5.19. The zero-order valence-electron chi connectivity index (χ0n) is 18.8. The number of hydrogen-bond donors (Lipinski definition) is 2. The molecule has 1 aliphatic carbocycles. The van der Waals surface area contributed by atoms with Crippen LogP contribution in [-0.4, -0.2) is 37.6 Å². The molecule has 0 bridgehead atoms. The summed E-state index contributed by atoms with van der Waals surface area (Å²) in [6.45, 7) is 1.27. The van der Waals surface area contributed by atoms with Crippen LogP contribution in [-0.2, 0) is 17.9 Å². The topological polar surface area (TPSA) is 79.9 Å². The van der Waals surface area contributed by atoms with Crippen LogP contribution in [0.2, 0.25) is 0 Å². The molecular formula is C25H31N3O4. The minimum absolute atomic E-state index is 0.00915. The number of amides is 2. The Bertz CT molecular complexity index is 983. The van der Waals surface area contributed by atoms with Gasteiger partial charge in [0.05, 0.1) is 11.3 Å². The highest BCUT2D eigenvalue weighted by Gasteiger charge is 2.23. The molecule has 7 heteroatoms. The van der Waals surface area contributed by atoms with Crippen LogP contribution in [0.5, 0.6) is 11.5 Å². The van der Waals surface area contributed by atoms with Gasteiger partial charge in [0.1, 0.15) is 0 Å². The van der Waals surface area contributed by atoms with Crippen molar-refractivity contribution in [1.82, 2.24) is 10.2 Å². The smallest absolute Gasteiger partial charge is 0.253 e. The molecule has 2 aromatic carbocycles. The maximum absolute atomic E-state index is 13.1. The number of carbonyl (C=O) groups excluding carboxylic acids is 2. The third-order valence-corrected chi connectivity index (χ3v) is 5.95. The molecule has 1 heterocycles. The molecule has 170 valence electrons. The lowest BCUT2D eigenvalue weighted by Crippen LogP contribution is -2.28. The zero-order valence-corrected chi connectivity index (χ0v) is 18.8. The number of rotatable bonds is 7. The standard InChI is InChI=1S/C25H31N3O4/c1-28(2)15-18-8-10-21(27-24(29)19-6-4-3-5-7-19)20(12-18)25(30)26-14-17-9-11-22-23(13-17)32-16-31-22/h8-13,19H,3-7,14-16H2,1-2H3,(H,26,30)(H,27,29). The molecule has 1 saturated carbocycles. The minimum Gasteiger partial charge on any atom is -0.454 e. The van der Waals surface area contributed by atoms with E-state index in [1.165, 1.54) is 6.42 Å². The van der Waals surface area contributed by atoms with Gasteiger partial charge in [0, 0.05) is 19.0 Å². The van der Waals surface area contributed by atoms with Gasteiger partial charge in [-0.15, -0.1) is 0 Å². The lowest BCUT2D eigenvalue weighted by Gasteiger charge is -2.22.